The van der Waals surface area contributed by atoms with Gasteiger partial charge in [-0.15, -0.1) is 0 Å². The van der Waals surface area contributed by atoms with Crippen LogP contribution in [0.1, 0.15) is 15.9 Å². The predicted molar refractivity (Wildman–Crippen MR) is 59.8 cm³/mol. The zero-order valence-corrected chi connectivity index (χ0v) is 10.6. The number of halogens is 2. The van der Waals surface area contributed by atoms with Crippen molar-refractivity contribution in [2.75, 3.05) is 7.11 Å². The lowest BCUT2D eigenvalue weighted by Gasteiger charge is -2.08. The monoisotopic (exact) mass is 322 g/mol. The van der Waals surface area contributed by atoms with Gasteiger partial charge in [0.25, 0.3) is 0 Å². The van der Waals surface area contributed by atoms with Crippen molar-refractivity contribution in [1.29, 1.82) is 0 Å². The summed E-state index contributed by atoms with van der Waals surface area (Å²) in [6.07, 6.45) is 0. The topological polar surface area (TPSA) is 46.5 Å². The molecule has 0 unspecified atom stereocenters. The fraction of sp³-hybridized carbons (Fsp3) is 0.222. The molecule has 0 atom stereocenters. The summed E-state index contributed by atoms with van der Waals surface area (Å²) in [6.45, 7) is 0. The second-order valence-electron chi connectivity index (χ2n) is 2.58. The molecule has 0 heterocycles. The van der Waals surface area contributed by atoms with E-state index in [-0.39, 0.29) is 5.75 Å². The first-order chi connectivity index (χ1) is 6.60. The van der Waals surface area contributed by atoms with Crippen LogP contribution in [0.4, 0.5) is 0 Å². The number of phenols is 1. The van der Waals surface area contributed by atoms with Crippen molar-refractivity contribution in [3.8, 4) is 5.75 Å². The number of carbonyl (C=O) groups is 1. The first-order valence-corrected chi connectivity index (χ1v) is 5.67. The minimum absolute atomic E-state index is 0.0296. The van der Waals surface area contributed by atoms with Gasteiger partial charge in [0.15, 0.2) is 0 Å². The van der Waals surface area contributed by atoms with E-state index < -0.39 is 5.97 Å². The van der Waals surface area contributed by atoms with Gasteiger partial charge in [0.1, 0.15) is 5.75 Å². The number of aromatic hydroxyl groups is 1. The lowest BCUT2D eigenvalue weighted by molar-refractivity contribution is 0.0599. The number of carbonyl (C=O) groups excluding carboxylic acids is 1. The molecule has 3 nitrogen and oxygen atoms in total. The van der Waals surface area contributed by atoms with Crippen molar-refractivity contribution in [1.82, 2.24) is 0 Å². The summed E-state index contributed by atoms with van der Waals surface area (Å²) in [6, 6.07) is 2.91. The normalized spacial score (nSPS) is 9.93. The number of phenolic OH excluding ortho intramolecular Hbond substituents is 1. The van der Waals surface area contributed by atoms with Gasteiger partial charge < -0.3 is 9.84 Å². The van der Waals surface area contributed by atoms with Crippen molar-refractivity contribution in [3.05, 3.63) is 27.7 Å². The molecule has 0 radical (unpaired) electrons. The molecule has 14 heavy (non-hydrogen) atoms. The second-order valence-corrected chi connectivity index (χ2v) is 3.99. The molecule has 0 aliphatic carbocycles. The molecule has 0 saturated heterocycles. The Bertz CT molecular complexity index is 363. The first-order valence-electron chi connectivity index (χ1n) is 3.75. The van der Waals surface area contributed by atoms with Crippen LogP contribution in [-0.4, -0.2) is 18.2 Å². The van der Waals surface area contributed by atoms with Gasteiger partial charge in [0, 0.05) is 9.80 Å². The van der Waals surface area contributed by atoms with E-state index in [0.29, 0.717) is 15.4 Å². The number of rotatable bonds is 2. The van der Waals surface area contributed by atoms with Gasteiger partial charge in [-0.25, -0.2) is 4.79 Å². The molecule has 5 heteroatoms. The van der Waals surface area contributed by atoms with E-state index in [1.54, 1.807) is 0 Å². The van der Waals surface area contributed by atoms with Crippen molar-refractivity contribution >= 4 is 37.8 Å². The van der Waals surface area contributed by atoms with Crippen molar-refractivity contribution < 1.29 is 14.6 Å². The number of alkyl halides is 1. The van der Waals surface area contributed by atoms with Crippen LogP contribution in [-0.2, 0) is 10.1 Å². The summed E-state index contributed by atoms with van der Waals surface area (Å²) in [5, 5.41) is 9.82. The minimum Gasteiger partial charge on any atom is -0.508 e. The molecule has 0 aromatic heterocycles. The summed E-state index contributed by atoms with van der Waals surface area (Å²) >= 11 is 6.52. The maximum Gasteiger partial charge on any atom is 0.338 e. The Morgan fingerprint density at radius 3 is 2.71 bits per heavy atom. The van der Waals surface area contributed by atoms with E-state index in [1.165, 1.54) is 19.2 Å². The van der Waals surface area contributed by atoms with Crippen LogP contribution in [0.5, 0.6) is 5.75 Å². The summed E-state index contributed by atoms with van der Waals surface area (Å²) in [4.78, 5) is 11.3. The van der Waals surface area contributed by atoms with Gasteiger partial charge in [0.05, 0.1) is 12.7 Å². The van der Waals surface area contributed by atoms with E-state index in [2.05, 4.69) is 36.6 Å². The zero-order chi connectivity index (χ0) is 10.7. The molecule has 0 saturated carbocycles. The van der Waals surface area contributed by atoms with Gasteiger partial charge in [-0.2, -0.15) is 0 Å². The molecule has 0 aliphatic rings. The lowest BCUT2D eigenvalue weighted by atomic mass is 10.1. The second kappa shape index (κ2) is 4.79. The largest absolute Gasteiger partial charge is 0.508 e. The average molecular weight is 324 g/mol. The third-order valence-electron chi connectivity index (χ3n) is 1.72. The highest BCUT2D eigenvalue weighted by molar-refractivity contribution is 9.10. The van der Waals surface area contributed by atoms with Gasteiger partial charge >= 0.3 is 5.97 Å². The molecular weight excluding hydrogens is 316 g/mol. The highest BCUT2D eigenvalue weighted by atomic mass is 79.9. The Morgan fingerprint density at radius 1 is 1.57 bits per heavy atom. The van der Waals surface area contributed by atoms with Gasteiger partial charge in [-0.3, -0.25) is 0 Å². The van der Waals surface area contributed by atoms with Crippen molar-refractivity contribution in [2.45, 2.75) is 5.33 Å². The number of methoxy groups -OCH3 is 1. The Balaban J connectivity index is 3.32. The number of ether oxygens (including phenoxy) is 1. The molecule has 76 valence electrons. The smallest absolute Gasteiger partial charge is 0.338 e. The van der Waals surface area contributed by atoms with E-state index in [1.807, 2.05) is 0 Å². The molecular formula is C9H8Br2O3. The molecule has 0 bridgehead atoms. The third kappa shape index (κ3) is 2.27. The van der Waals surface area contributed by atoms with Gasteiger partial charge in [-0.05, 0) is 17.7 Å². The van der Waals surface area contributed by atoms with Crippen LogP contribution in [0.3, 0.4) is 0 Å². The Kier molecular flexibility index (Phi) is 3.95. The van der Waals surface area contributed by atoms with Crippen LogP contribution in [0.25, 0.3) is 0 Å². The van der Waals surface area contributed by atoms with Gasteiger partial charge in [0.2, 0.25) is 0 Å². The molecule has 0 aliphatic heterocycles. The summed E-state index contributed by atoms with van der Waals surface area (Å²) in [5.74, 6) is -0.432. The lowest BCUT2D eigenvalue weighted by Crippen LogP contribution is -2.05. The van der Waals surface area contributed by atoms with Crippen molar-refractivity contribution in [3.63, 3.8) is 0 Å². The highest BCUT2D eigenvalue weighted by Gasteiger charge is 2.15. The summed E-state index contributed by atoms with van der Waals surface area (Å²) in [7, 11) is 1.30. The SMILES string of the molecule is COC(=O)c1cc(O)cc(Br)c1CBr. The molecule has 0 amide bonds. The molecule has 1 rings (SSSR count). The van der Waals surface area contributed by atoms with Crippen LogP contribution >= 0.6 is 31.9 Å². The van der Waals surface area contributed by atoms with Gasteiger partial charge in [-0.1, -0.05) is 31.9 Å². The Morgan fingerprint density at radius 2 is 2.21 bits per heavy atom. The van der Waals surface area contributed by atoms with E-state index in [0.717, 1.165) is 5.56 Å². The number of benzene rings is 1. The number of hydrogen-bond donors (Lipinski definition) is 1. The van der Waals surface area contributed by atoms with Crippen LogP contribution in [0.15, 0.2) is 16.6 Å². The Labute approximate surface area is 98.3 Å². The zero-order valence-electron chi connectivity index (χ0n) is 7.38. The molecule has 1 aromatic rings. The number of hydrogen-bond acceptors (Lipinski definition) is 3. The van der Waals surface area contributed by atoms with Crippen LogP contribution in [0.2, 0.25) is 0 Å². The quantitative estimate of drug-likeness (QED) is 0.672. The molecule has 0 fully saturated rings. The fourth-order valence-corrected chi connectivity index (χ4v) is 2.62. The van der Waals surface area contributed by atoms with Crippen LogP contribution in [0, 0.1) is 0 Å². The van der Waals surface area contributed by atoms with E-state index in [4.69, 9.17) is 0 Å². The molecule has 0 spiro atoms. The summed E-state index contributed by atoms with van der Waals surface area (Å²) < 4.78 is 5.27. The maximum absolute atomic E-state index is 11.3. The van der Waals surface area contributed by atoms with E-state index in [9.17, 15) is 9.90 Å². The van der Waals surface area contributed by atoms with Crippen molar-refractivity contribution in [2.24, 2.45) is 0 Å². The minimum atomic E-state index is -0.462. The Hall–Kier alpha value is -0.550. The third-order valence-corrected chi connectivity index (χ3v) is 2.99. The van der Waals surface area contributed by atoms with E-state index >= 15 is 0 Å². The highest BCUT2D eigenvalue weighted by Crippen LogP contribution is 2.28. The fourth-order valence-electron chi connectivity index (χ4n) is 1.05. The number of esters is 1. The summed E-state index contributed by atoms with van der Waals surface area (Å²) in [5.41, 5.74) is 1.12. The average Bonchev–Trinajstić information content (AvgIpc) is 2.15. The standard InChI is InChI=1S/C9H8Br2O3/c1-14-9(13)6-2-5(12)3-8(11)7(6)4-10/h2-3,12H,4H2,1H3. The molecule has 1 aromatic carbocycles. The molecule has 1 N–H and O–H groups in total. The maximum atomic E-state index is 11.3. The predicted octanol–water partition coefficient (Wildman–Crippen LogP) is 2.84. The first kappa shape index (κ1) is 11.5. The van der Waals surface area contributed by atoms with Crippen LogP contribution < -0.4 is 0 Å².